The number of aliphatic hydroxyl groups is 1. The van der Waals surface area contributed by atoms with Gasteiger partial charge < -0.3 is 14.7 Å². The van der Waals surface area contributed by atoms with Crippen molar-refractivity contribution >= 4 is 55.9 Å². The van der Waals surface area contributed by atoms with Gasteiger partial charge in [-0.1, -0.05) is 17.7 Å². The molecule has 0 spiro atoms. The van der Waals surface area contributed by atoms with Crippen LogP contribution in [0.25, 0.3) is 0 Å². The van der Waals surface area contributed by atoms with Gasteiger partial charge >= 0.3 is 0 Å². The highest BCUT2D eigenvalue weighted by atomic mass is 127. The number of β-amino-alcohol motifs (C(OH)–C–C–N with tert-alkyl or cyclic N) is 1. The Balaban J connectivity index is 1.51. The Morgan fingerprint density at radius 3 is 2.77 bits per heavy atom. The molecule has 1 atom stereocenters. The number of nitrogens with zero attached hydrogens (tertiary/aromatic N) is 2. The van der Waals surface area contributed by atoms with Gasteiger partial charge in [0.1, 0.15) is 11.6 Å². The number of pyridine rings is 1. The first-order valence-electron chi connectivity index (χ1n) is 9.30. The number of amides is 1. The molecule has 2 aromatic rings. The Kier molecular flexibility index (Phi) is 5.86. The average molecular weight is 564 g/mol. The number of carbonyl (C=O) groups excluding carboxylic acids is 1. The fourth-order valence-corrected chi connectivity index (χ4v) is 4.82. The summed E-state index contributed by atoms with van der Waals surface area (Å²) in [5, 5.41) is 9.90. The van der Waals surface area contributed by atoms with E-state index in [0.717, 1.165) is 3.57 Å². The molecule has 1 saturated heterocycles. The van der Waals surface area contributed by atoms with E-state index in [2.05, 4.69) is 32.3 Å². The Hall–Kier alpha value is -1.63. The Bertz CT molecular complexity index is 1090. The highest BCUT2D eigenvalue weighted by Gasteiger charge is 2.54. The number of carbonyl (C=O) groups is 1. The van der Waals surface area contributed by atoms with Crippen molar-refractivity contribution in [2.75, 3.05) is 18.0 Å². The van der Waals surface area contributed by atoms with E-state index in [0.29, 0.717) is 48.9 Å². The van der Waals surface area contributed by atoms with E-state index >= 15 is 0 Å². The van der Waals surface area contributed by atoms with Crippen LogP contribution in [-0.2, 0) is 14.8 Å². The summed E-state index contributed by atoms with van der Waals surface area (Å²) in [6.45, 7) is 0.970. The molecule has 0 radical (unpaired) electrons. The van der Waals surface area contributed by atoms with E-state index in [9.17, 15) is 18.3 Å². The van der Waals surface area contributed by atoms with Gasteiger partial charge in [0.15, 0.2) is 10.6 Å². The molecule has 11 heteroatoms. The molecule has 1 aromatic heterocycles. The van der Waals surface area contributed by atoms with Crippen molar-refractivity contribution in [3.63, 3.8) is 0 Å². The molecule has 160 valence electrons. The van der Waals surface area contributed by atoms with Gasteiger partial charge in [0.05, 0.1) is 9.67 Å². The second-order valence-electron chi connectivity index (χ2n) is 7.33. The summed E-state index contributed by atoms with van der Waals surface area (Å²) in [7, 11) is -4.19. The van der Waals surface area contributed by atoms with Gasteiger partial charge in [0.25, 0.3) is 15.9 Å². The number of sulfonamides is 1. The van der Waals surface area contributed by atoms with Crippen LogP contribution in [0.15, 0.2) is 41.4 Å². The Labute approximate surface area is 192 Å². The van der Waals surface area contributed by atoms with Crippen LogP contribution in [0.2, 0.25) is 5.02 Å². The number of hydrogen-bond acceptors (Lipinski definition) is 7. The molecule has 2 heterocycles. The maximum absolute atomic E-state index is 12.8. The van der Waals surface area contributed by atoms with Crippen LogP contribution in [0.5, 0.6) is 5.75 Å². The summed E-state index contributed by atoms with van der Waals surface area (Å²) in [6, 6.07) is 9.62. The number of anilines is 1. The Morgan fingerprint density at radius 1 is 1.33 bits per heavy atom. The number of halogens is 2. The lowest BCUT2D eigenvalue weighted by Gasteiger charge is -2.20. The predicted molar refractivity (Wildman–Crippen MR) is 119 cm³/mol. The van der Waals surface area contributed by atoms with E-state index in [1.807, 2.05) is 0 Å². The molecule has 8 nitrogen and oxygen atoms in total. The lowest BCUT2D eigenvalue weighted by molar-refractivity contribution is -0.128. The highest BCUT2D eigenvalue weighted by molar-refractivity contribution is 14.1. The molecule has 1 aliphatic carbocycles. The monoisotopic (exact) mass is 563 g/mol. The standard InChI is InChI=1S/C19H19ClIN3O5S/c20-12-4-5-14(21)15(10-12)29-19(7-8-19)18(26)23-30(27,28)17-3-1-2-16(22-17)24-9-6-13(25)11-24/h1-5,10,13,25H,6-9,11H2,(H,23,26)/t13-/m1/s1. The lowest BCUT2D eigenvalue weighted by atomic mass is 10.3. The van der Waals surface area contributed by atoms with Crippen LogP contribution in [0.1, 0.15) is 19.3 Å². The molecule has 0 bridgehead atoms. The molecule has 4 rings (SSSR count). The molecular weight excluding hydrogens is 545 g/mol. The van der Waals surface area contributed by atoms with E-state index in [-0.39, 0.29) is 5.03 Å². The molecule has 2 N–H and O–H groups in total. The highest BCUT2D eigenvalue weighted by Crippen LogP contribution is 2.42. The van der Waals surface area contributed by atoms with Crippen LogP contribution in [0, 0.1) is 3.57 Å². The maximum Gasteiger partial charge on any atom is 0.281 e. The van der Waals surface area contributed by atoms with Crippen LogP contribution in [0.4, 0.5) is 5.82 Å². The number of nitrogens with one attached hydrogen (secondary N) is 1. The molecule has 1 aromatic carbocycles. The summed E-state index contributed by atoms with van der Waals surface area (Å²) < 4.78 is 34.3. The molecule has 1 aliphatic heterocycles. The van der Waals surface area contributed by atoms with Crippen molar-refractivity contribution in [2.45, 2.75) is 36.0 Å². The Morgan fingerprint density at radius 2 is 2.10 bits per heavy atom. The minimum absolute atomic E-state index is 0.261. The third kappa shape index (κ3) is 4.51. The molecule has 1 amide bonds. The fraction of sp³-hybridized carbons (Fsp3) is 0.368. The van der Waals surface area contributed by atoms with Crippen LogP contribution < -0.4 is 14.4 Å². The van der Waals surface area contributed by atoms with Crippen molar-refractivity contribution in [1.29, 1.82) is 0 Å². The maximum atomic E-state index is 12.8. The first-order valence-corrected chi connectivity index (χ1v) is 12.2. The fourth-order valence-electron chi connectivity index (χ4n) is 3.20. The van der Waals surface area contributed by atoms with Crippen molar-refractivity contribution in [3.8, 4) is 5.75 Å². The molecule has 2 fully saturated rings. The van der Waals surface area contributed by atoms with E-state index < -0.39 is 27.6 Å². The van der Waals surface area contributed by atoms with E-state index in [4.69, 9.17) is 16.3 Å². The molecule has 2 aliphatic rings. The number of benzene rings is 1. The first-order chi connectivity index (χ1) is 14.2. The van der Waals surface area contributed by atoms with Gasteiger partial charge in [-0.2, -0.15) is 8.42 Å². The zero-order valence-corrected chi connectivity index (χ0v) is 19.4. The SMILES string of the molecule is O=C(NS(=O)(=O)c1cccc(N2CC[C@@H](O)C2)n1)C1(Oc2cc(Cl)ccc2I)CC1. The zero-order chi connectivity index (χ0) is 21.5. The molecule has 30 heavy (non-hydrogen) atoms. The van der Waals surface area contributed by atoms with Crippen LogP contribution >= 0.6 is 34.2 Å². The second-order valence-corrected chi connectivity index (χ2v) is 10.6. The van der Waals surface area contributed by atoms with Gasteiger partial charge in [0, 0.05) is 31.0 Å². The number of hydrogen-bond donors (Lipinski definition) is 2. The number of aromatic nitrogens is 1. The van der Waals surface area contributed by atoms with Gasteiger partial charge in [-0.3, -0.25) is 4.79 Å². The number of ether oxygens (including phenoxy) is 1. The van der Waals surface area contributed by atoms with Gasteiger partial charge in [-0.25, -0.2) is 9.71 Å². The lowest BCUT2D eigenvalue weighted by Crippen LogP contribution is -2.43. The number of aliphatic hydroxyl groups excluding tert-OH is 1. The van der Waals surface area contributed by atoms with Crippen molar-refractivity contribution in [3.05, 3.63) is 45.0 Å². The van der Waals surface area contributed by atoms with Crippen LogP contribution in [0.3, 0.4) is 0 Å². The summed E-state index contributed by atoms with van der Waals surface area (Å²) in [5.74, 6) is 0.135. The zero-order valence-electron chi connectivity index (χ0n) is 15.7. The third-order valence-electron chi connectivity index (χ3n) is 5.02. The normalized spacial score (nSPS) is 20.1. The van der Waals surface area contributed by atoms with Crippen molar-refractivity contribution < 1.29 is 23.1 Å². The van der Waals surface area contributed by atoms with Crippen molar-refractivity contribution in [2.24, 2.45) is 0 Å². The summed E-state index contributed by atoms with van der Waals surface area (Å²) in [4.78, 5) is 18.8. The largest absolute Gasteiger partial charge is 0.476 e. The minimum Gasteiger partial charge on any atom is -0.476 e. The van der Waals surface area contributed by atoms with Crippen LogP contribution in [-0.4, -0.2) is 49.2 Å². The van der Waals surface area contributed by atoms with E-state index in [1.54, 1.807) is 35.2 Å². The summed E-state index contributed by atoms with van der Waals surface area (Å²) in [5.41, 5.74) is -1.24. The molecule has 0 unspecified atom stereocenters. The number of rotatable bonds is 6. The molecule has 1 saturated carbocycles. The van der Waals surface area contributed by atoms with Crippen molar-refractivity contribution in [1.82, 2.24) is 9.71 Å². The summed E-state index contributed by atoms with van der Waals surface area (Å²) >= 11 is 8.07. The smallest absolute Gasteiger partial charge is 0.281 e. The van der Waals surface area contributed by atoms with E-state index in [1.165, 1.54) is 6.07 Å². The molecular formula is C19H19ClIN3O5S. The summed E-state index contributed by atoms with van der Waals surface area (Å²) in [6.07, 6.45) is 0.928. The average Bonchev–Trinajstić information content (AvgIpc) is 3.36. The first kappa shape index (κ1) is 21.6. The second kappa shape index (κ2) is 8.13. The van der Waals surface area contributed by atoms with Gasteiger partial charge in [0.2, 0.25) is 0 Å². The topological polar surface area (TPSA) is 109 Å². The third-order valence-corrected chi connectivity index (χ3v) is 7.37. The van der Waals surface area contributed by atoms with Gasteiger partial charge in [-0.15, -0.1) is 0 Å². The minimum atomic E-state index is -4.19. The predicted octanol–water partition coefficient (Wildman–Crippen LogP) is 2.33. The quantitative estimate of drug-likeness (QED) is 0.520. The van der Waals surface area contributed by atoms with Gasteiger partial charge in [-0.05, 0) is 59.3 Å².